The second kappa shape index (κ2) is 11.0. The van der Waals surface area contributed by atoms with Crippen molar-refractivity contribution >= 4 is 56.0 Å². The lowest BCUT2D eigenvalue weighted by Crippen LogP contribution is -2.42. The van der Waals surface area contributed by atoms with Crippen molar-refractivity contribution in [3.63, 3.8) is 0 Å². The minimum absolute atomic E-state index is 0.00389. The Balaban J connectivity index is 1.41. The van der Waals surface area contributed by atoms with E-state index >= 15 is 4.39 Å². The first-order valence-electron chi connectivity index (χ1n) is 15.3. The van der Waals surface area contributed by atoms with Crippen LogP contribution < -0.4 is 4.90 Å². The number of β-amino-alcohol motifs (C(OH)–C–C–N with tert-alkyl or cyclic N) is 1. The molecule has 2 saturated heterocycles. The van der Waals surface area contributed by atoms with E-state index < -0.39 is 22.6 Å². The molecule has 3 aliphatic rings. The van der Waals surface area contributed by atoms with Crippen molar-refractivity contribution in [1.82, 2.24) is 29.1 Å². The lowest BCUT2D eigenvalue weighted by atomic mass is 9.96. The van der Waals surface area contributed by atoms with Crippen LogP contribution in [0.1, 0.15) is 56.7 Å². The summed E-state index contributed by atoms with van der Waals surface area (Å²) in [4.78, 5) is 15.8. The van der Waals surface area contributed by atoms with E-state index in [-0.39, 0.29) is 41.5 Å². The van der Waals surface area contributed by atoms with Crippen LogP contribution in [0.15, 0.2) is 29.8 Å². The summed E-state index contributed by atoms with van der Waals surface area (Å²) in [7, 11) is 0. The van der Waals surface area contributed by atoms with Crippen molar-refractivity contribution in [3.05, 3.63) is 41.1 Å². The lowest BCUT2D eigenvalue weighted by molar-refractivity contribution is -0.0366. The molecule has 3 atom stereocenters. The first-order valence-corrected chi connectivity index (χ1v) is 17.2. The molecule has 0 amide bonds. The number of hydrogen-bond donors (Lipinski definition) is 1. The maximum Gasteiger partial charge on any atom is 0.345 e. The lowest BCUT2D eigenvalue weighted by Gasteiger charge is -2.28. The van der Waals surface area contributed by atoms with Crippen LogP contribution in [0.25, 0.3) is 38.7 Å². The van der Waals surface area contributed by atoms with Crippen LogP contribution in [0.4, 0.5) is 10.2 Å². The number of nitrogens with zero attached hydrogens (tertiary/aromatic N) is 7. The number of rotatable bonds is 5. The van der Waals surface area contributed by atoms with E-state index in [1.54, 1.807) is 29.9 Å². The number of aromatic nitrogens is 6. The van der Waals surface area contributed by atoms with Gasteiger partial charge in [-0.2, -0.15) is 15.1 Å². The van der Waals surface area contributed by atoms with E-state index in [4.69, 9.17) is 31.2 Å². The van der Waals surface area contributed by atoms with Crippen molar-refractivity contribution in [3.8, 4) is 11.3 Å². The van der Waals surface area contributed by atoms with E-state index in [0.29, 0.717) is 41.8 Å². The summed E-state index contributed by atoms with van der Waals surface area (Å²) in [5, 5.41) is 17.1. The Kier molecular flexibility index (Phi) is 7.19. The molecule has 3 fully saturated rings. The molecule has 8 rings (SSSR count). The fraction of sp³-hybridized carbons (Fsp3) is 0.484. The van der Waals surface area contributed by atoms with Gasteiger partial charge in [0, 0.05) is 52.7 Å². The molecular formula is C31H33ClFN7O4S. The molecule has 0 radical (unpaired) electrons. The van der Waals surface area contributed by atoms with Gasteiger partial charge < -0.3 is 28.4 Å². The van der Waals surface area contributed by atoms with Gasteiger partial charge in [-0.1, -0.05) is 11.6 Å². The maximum absolute atomic E-state index is 16.9. The molecule has 0 spiro atoms. The molecule has 14 heteroatoms. The fourth-order valence-corrected chi connectivity index (χ4v) is 7.58. The third kappa shape index (κ3) is 4.95. The van der Waals surface area contributed by atoms with E-state index in [1.807, 2.05) is 15.6 Å². The molecule has 1 N–H and O–H groups in total. The van der Waals surface area contributed by atoms with Crippen LogP contribution in [0.3, 0.4) is 0 Å². The van der Waals surface area contributed by atoms with Crippen LogP contribution in [-0.2, 0) is 20.6 Å². The highest BCUT2D eigenvalue weighted by atomic mass is 35.5. The van der Waals surface area contributed by atoms with Crippen molar-refractivity contribution in [1.29, 1.82) is 0 Å². The quantitative estimate of drug-likeness (QED) is 0.206. The fourth-order valence-electron chi connectivity index (χ4n) is 6.79. The maximum atomic E-state index is 16.9. The summed E-state index contributed by atoms with van der Waals surface area (Å²) in [6.07, 6.45) is 11.2. The Morgan fingerprint density at radius 3 is 2.78 bits per heavy atom. The summed E-state index contributed by atoms with van der Waals surface area (Å²) in [6.45, 7) is 3.42. The van der Waals surface area contributed by atoms with E-state index in [1.165, 1.54) is 6.26 Å². The van der Waals surface area contributed by atoms with Gasteiger partial charge in [-0.15, -0.1) is 0 Å². The Bertz CT molecular complexity index is 1950. The molecule has 2 aliphatic heterocycles. The van der Waals surface area contributed by atoms with Crippen LogP contribution in [0.5, 0.6) is 0 Å². The molecule has 0 bridgehead atoms. The minimum Gasteiger partial charge on any atom is -0.609 e. The number of fused-ring (bicyclic) bond motifs is 4. The molecule has 5 aromatic rings. The van der Waals surface area contributed by atoms with Gasteiger partial charge in [-0.05, 0) is 56.6 Å². The van der Waals surface area contributed by atoms with E-state index in [0.717, 1.165) is 54.1 Å². The normalized spacial score (nSPS) is 23.7. The number of ether oxygens (including phenoxy) is 2. The Hall–Kier alpha value is -3.07. The largest absolute Gasteiger partial charge is 0.609 e. The second-order valence-electron chi connectivity index (χ2n) is 12.5. The summed E-state index contributed by atoms with van der Waals surface area (Å²) >= 11 is 5.45. The van der Waals surface area contributed by atoms with Gasteiger partial charge in [0.1, 0.15) is 28.4 Å². The number of anilines is 1. The highest BCUT2D eigenvalue weighted by Crippen LogP contribution is 2.51. The molecule has 236 valence electrons. The molecule has 1 saturated carbocycles. The number of hydrogen-bond acceptors (Lipinski definition) is 9. The SMILES string of the molecule is C[S+]([O-])c1nc(N2CCOC[C@@](C)(O)C2)c2c(n1)c(F)c1c(-c3c(C4CC4)c(Cl)cc4c3cnn4C3CCCCO3)nccn12. The molecule has 11 nitrogen and oxygen atoms in total. The van der Waals surface area contributed by atoms with Gasteiger partial charge in [0.05, 0.1) is 37.2 Å². The van der Waals surface area contributed by atoms with Gasteiger partial charge in [-0.25, -0.2) is 9.07 Å². The molecule has 1 aromatic carbocycles. The second-order valence-corrected chi connectivity index (χ2v) is 14.2. The van der Waals surface area contributed by atoms with Gasteiger partial charge in [-0.3, -0.25) is 4.98 Å². The zero-order chi connectivity index (χ0) is 31.0. The van der Waals surface area contributed by atoms with Crippen LogP contribution in [0.2, 0.25) is 5.02 Å². The summed E-state index contributed by atoms with van der Waals surface area (Å²) in [5.41, 5.74) is 2.37. The first kappa shape index (κ1) is 29.3. The Morgan fingerprint density at radius 2 is 2.02 bits per heavy atom. The van der Waals surface area contributed by atoms with E-state index in [2.05, 4.69) is 9.97 Å². The van der Waals surface area contributed by atoms with Crippen molar-refractivity contribution in [2.24, 2.45) is 0 Å². The number of aliphatic hydroxyl groups is 1. The Morgan fingerprint density at radius 1 is 1.18 bits per heavy atom. The van der Waals surface area contributed by atoms with Gasteiger partial charge in [0.25, 0.3) is 0 Å². The molecule has 4 aromatic heterocycles. The van der Waals surface area contributed by atoms with Gasteiger partial charge >= 0.3 is 5.16 Å². The molecular weight excluding hydrogens is 621 g/mol. The van der Waals surface area contributed by atoms with Crippen molar-refractivity contribution in [2.45, 2.75) is 61.9 Å². The molecule has 2 unspecified atom stereocenters. The van der Waals surface area contributed by atoms with Crippen molar-refractivity contribution in [2.75, 3.05) is 44.1 Å². The number of halogens is 2. The van der Waals surface area contributed by atoms with E-state index in [9.17, 15) is 9.66 Å². The van der Waals surface area contributed by atoms with Gasteiger partial charge in [0.2, 0.25) is 0 Å². The highest BCUT2D eigenvalue weighted by Gasteiger charge is 2.36. The predicted octanol–water partition coefficient (Wildman–Crippen LogP) is 4.99. The highest BCUT2D eigenvalue weighted by molar-refractivity contribution is 7.90. The third-order valence-corrected chi connectivity index (χ3v) is 9.95. The molecule has 6 heterocycles. The predicted molar refractivity (Wildman–Crippen MR) is 169 cm³/mol. The standard InChI is InChI=1S/C31H33ClFN7O4S/c1-31(41)15-38(10-12-43-16-31)29-28-26(36-30(37-29)45(2)42)24(33)27-25(34-8-9-39(27)28)23-18-14-35-40(21-5-3-4-11-44-21)20(18)13-19(32)22(23)17-6-7-17/h8-9,13-14,17,21,41H,3-7,10-12,15-16H2,1-2H3/t21?,31-,45?/m0/s1. The topological polar surface area (TPSA) is 126 Å². The zero-order valence-corrected chi connectivity index (χ0v) is 26.6. The van der Waals surface area contributed by atoms with Crippen LogP contribution >= 0.6 is 11.6 Å². The third-order valence-electron chi connectivity index (χ3n) is 8.94. The average Bonchev–Trinajstić information content (AvgIpc) is 3.75. The summed E-state index contributed by atoms with van der Waals surface area (Å²) in [6, 6.07) is 1.95. The molecule has 45 heavy (non-hydrogen) atoms. The molecule has 1 aliphatic carbocycles. The first-order chi connectivity index (χ1) is 21.7. The van der Waals surface area contributed by atoms with Crippen LogP contribution in [0, 0.1) is 5.82 Å². The minimum atomic E-state index is -1.59. The average molecular weight is 654 g/mol. The van der Waals surface area contributed by atoms with Gasteiger partial charge in [0.15, 0.2) is 17.9 Å². The summed E-state index contributed by atoms with van der Waals surface area (Å²) in [5.74, 6) is -0.00316. The smallest absolute Gasteiger partial charge is 0.345 e. The zero-order valence-electron chi connectivity index (χ0n) is 25.0. The van der Waals surface area contributed by atoms with Crippen LogP contribution in [-0.4, -0.2) is 83.6 Å². The van der Waals surface area contributed by atoms with Crippen molar-refractivity contribution < 1.29 is 23.5 Å². The monoisotopic (exact) mass is 653 g/mol. The summed E-state index contributed by atoms with van der Waals surface area (Å²) < 4.78 is 44.9. The Labute approximate surface area is 266 Å². The number of benzene rings is 1.